The summed E-state index contributed by atoms with van der Waals surface area (Å²) in [7, 11) is 0. The highest BCUT2D eigenvalue weighted by Crippen LogP contribution is 2.16. The predicted octanol–water partition coefficient (Wildman–Crippen LogP) is 2.49. The second-order valence-electron chi connectivity index (χ2n) is 5.22. The first-order valence-corrected chi connectivity index (χ1v) is 7.68. The van der Waals surface area contributed by atoms with Crippen LogP contribution in [0, 0.1) is 0 Å². The van der Waals surface area contributed by atoms with Crippen molar-refractivity contribution in [1.82, 2.24) is 5.32 Å². The molecule has 0 saturated heterocycles. The van der Waals surface area contributed by atoms with Gasteiger partial charge in [-0.2, -0.15) is 0 Å². The molecular formula is C18H15N3O5. The van der Waals surface area contributed by atoms with Gasteiger partial charge in [0.2, 0.25) is 5.91 Å². The number of hydrogen-bond acceptors (Lipinski definition) is 5. The third-order valence-corrected chi connectivity index (χ3v) is 3.30. The van der Waals surface area contributed by atoms with Crippen molar-refractivity contribution >= 4 is 29.1 Å². The van der Waals surface area contributed by atoms with Crippen molar-refractivity contribution in [2.24, 2.45) is 0 Å². The number of furan rings is 2. The lowest BCUT2D eigenvalue weighted by Crippen LogP contribution is -2.32. The Hall–Kier alpha value is -3.81. The number of rotatable bonds is 6. The van der Waals surface area contributed by atoms with Crippen molar-refractivity contribution < 1.29 is 23.2 Å². The smallest absolute Gasteiger partial charge is 0.291 e. The molecule has 0 saturated carbocycles. The van der Waals surface area contributed by atoms with Crippen LogP contribution >= 0.6 is 0 Å². The van der Waals surface area contributed by atoms with Crippen molar-refractivity contribution in [3.63, 3.8) is 0 Å². The van der Waals surface area contributed by atoms with Crippen LogP contribution in [-0.4, -0.2) is 24.3 Å². The Bertz CT molecular complexity index is 901. The third-order valence-electron chi connectivity index (χ3n) is 3.30. The van der Waals surface area contributed by atoms with Gasteiger partial charge in [0.1, 0.15) is 0 Å². The fraction of sp³-hybridized carbons (Fsp3) is 0.0556. The van der Waals surface area contributed by atoms with Crippen molar-refractivity contribution in [1.29, 1.82) is 0 Å². The maximum atomic E-state index is 12.0. The zero-order valence-electron chi connectivity index (χ0n) is 13.5. The van der Waals surface area contributed by atoms with Gasteiger partial charge in [0.05, 0.1) is 19.1 Å². The first-order chi connectivity index (χ1) is 12.6. The second-order valence-corrected chi connectivity index (χ2v) is 5.22. The monoisotopic (exact) mass is 353 g/mol. The van der Waals surface area contributed by atoms with Gasteiger partial charge in [-0.15, -0.1) is 0 Å². The van der Waals surface area contributed by atoms with Crippen molar-refractivity contribution in [2.45, 2.75) is 0 Å². The molecule has 0 spiro atoms. The number of amides is 3. The average Bonchev–Trinajstić information content (AvgIpc) is 3.33. The Kier molecular flexibility index (Phi) is 5.14. The lowest BCUT2D eigenvalue weighted by atomic mass is 10.2. The van der Waals surface area contributed by atoms with Crippen molar-refractivity contribution in [3.8, 4) is 0 Å². The Balaban J connectivity index is 1.53. The van der Waals surface area contributed by atoms with E-state index in [-0.39, 0.29) is 18.1 Å². The van der Waals surface area contributed by atoms with Gasteiger partial charge >= 0.3 is 0 Å². The highest BCUT2D eigenvalue weighted by molar-refractivity contribution is 6.03. The minimum Gasteiger partial charge on any atom is -0.459 e. The Labute approximate surface area is 148 Å². The lowest BCUT2D eigenvalue weighted by molar-refractivity contribution is -0.115. The Morgan fingerprint density at radius 2 is 1.38 bits per heavy atom. The molecule has 8 nitrogen and oxygen atoms in total. The first kappa shape index (κ1) is 17.0. The minimum absolute atomic E-state index is 0.125. The molecule has 3 N–H and O–H groups in total. The largest absolute Gasteiger partial charge is 0.459 e. The Morgan fingerprint density at radius 3 is 2.00 bits per heavy atom. The number of nitrogens with one attached hydrogen (secondary N) is 3. The summed E-state index contributed by atoms with van der Waals surface area (Å²) in [4.78, 5) is 35.6. The van der Waals surface area contributed by atoms with Crippen LogP contribution in [0.15, 0.2) is 69.9 Å². The molecule has 0 unspecified atom stereocenters. The van der Waals surface area contributed by atoms with E-state index < -0.39 is 17.7 Å². The summed E-state index contributed by atoms with van der Waals surface area (Å²) in [5.74, 6) is -0.992. The molecule has 3 aromatic rings. The summed E-state index contributed by atoms with van der Waals surface area (Å²) in [6, 6.07) is 12.8. The fourth-order valence-corrected chi connectivity index (χ4v) is 2.14. The molecule has 0 radical (unpaired) electrons. The maximum Gasteiger partial charge on any atom is 0.291 e. The van der Waals surface area contributed by atoms with Gasteiger partial charge in [0, 0.05) is 11.4 Å². The molecule has 8 heteroatoms. The average molecular weight is 353 g/mol. The van der Waals surface area contributed by atoms with Crippen LogP contribution in [0.3, 0.4) is 0 Å². The van der Waals surface area contributed by atoms with E-state index in [1.807, 2.05) is 0 Å². The zero-order valence-corrected chi connectivity index (χ0v) is 13.5. The molecule has 0 aliphatic rings. The van der Waals surface area contributed by atoms with Gasteiger partial charge in [0.25, 0.3) is 11.8 Å². The van der Waals surface area contributed by atoms with E-state index in [0.717, 1.165) is 0 Å². The molecule has 3 amide bonds. The SMILES string of the molecule is O=C(CNC(=O)c1ccco1)Nc1cccc(NC(=O)c2ccco2)c1. The topological polar surface area (TPSA) is 114 Å². The standard InChI is InChI=1S/C18H15N3O5/c22-16(11-19-17(23)14-6-2-8-25-14)20-12-4-1-5-13(10-12)21-18(24)15-7-3-9-26-15/h1-10H,11H2,(H,19,23)(H,20,22)(H,21,24). The summed E-state index contributed by atoms with van der Waals surface area (Å²) < 4.78 is 9.96. The highest BCUT2D eigenvalue weighted by Gasteiger charge is 2.11. The van der Waals surface area contributed by atoms with Crippen molar-refractivity contribution in [3.05, 3.63) is 72.6 Å². The van der Waals surface area contributed by atoms with Crippen LogP contribution in [0.4, 0.5) is 11.4 Å². The van der Waals surface area contributed by atoms with E-state index in [2.05, 4.69) is 16.0 Å². The normalized spacial score (nSPS) is 10.2. The van der Waals surface area contributed by atoms with Crippen LogP contribution in [0.1, 0.15) is 21.1 Å². The van der Waals surface area contributed by atoms with E-state index >= 15 is 0 Å². The van der Waals surface area contributed by atoms with Crippen LogP contribution < -0.4 is 16.0 Å². The van der Waals surface area contributed by atoms with Crippen LogP contribution in [0.5, 0.6) is 0 Å². The van der Waals surface area contributed by atoms with E-state index in [1.54, 1.807) is 42.5 Å². The molecule has 2 aromatic heterocycles. The van der Waals surface area contributed by atoms with Crippen LogP contribution in [0.2, 0.25) is 0 Å². The molecule has 132 valence electrons. The van der Waals surface area contributed by atoms with E-state index in [0.29, 0.717) is 11.4 Å². The van der Waals surface area contributed by atoms with Gasteiger partial charge in [0.15, 0.2) is 11.5 Å². The van der Waals surface area contributed by atoms with Crippen molar-refractivity contribution in [2.75, 3.05) is 17.2 Å². The summed E-state index contributed by atoms with van der Waals surface area (Å²) in [6.45, 7) is -0.220. The molecule has 0 aliphatic heterocycles. The molecule has 1 aromatic carbocycles. The molecule has 0 aliphatic carbocycles. The van der Waals surface area contributed by atoms with Gasteiger partial charge in [-0.25, -0.2) is 0 Å². The zero-order chi connectivity index (χ0) is 18.4. The number of carbonyl (C=O) groups excluding carboxylic acids is 3. The first-order valence-electron chi connectivity index (χ1n) is 7.68. The van der Waals surface area contributed by atoms with E-state index in [9.17, 15) is 14.4 Å². The highest BCUT2D eigenvalue weighted by atomic mass is 16.3. The number of benzene rings is 1. The maximum absolute atomic E-state index is 12.0. The van der Waals surface area contributed by atoms with E-state index in [4.69, 9.17) is 8.83 Å². The number of carbonyl (C=O) groups is 3. The Morgan fingerprint density at radius 1 is 0.769 bits per heavy atom. The molecule has 0 fully saturated rings. The molecule has 0 atom stereocenters. The summed E-state index contributed by atoms with van der Waals surface area (Å²) in [6.07, 6.45) is 2.78. The van der Waals surface area contributed by atoms with Gasteiger partial charge < -0.3 is 24.8 Å². The quantitative estimate of drug-likeness (QED) is 0.630. The minimum atomic E-state index is -0.482. The van der Waals surface area contributed by atoms with Crippen LogP contribution in [-0.2, 0) is 4.79 Å². The third kappa shape index (κ3) is 4.38. The predicted molar refractivity (Wildman–Crippen MR) is 92.8 cm³/mol. The summed E-state index contributed by atoms with van der Waals surface area (Å²) in [5.41, 5.74) is 0.961. The molecular weight excluding hydrogens is 338 g/mol. The van der Waals surface area contributed by atoms with Gasteiger partial charge in [-0.1, -0.05) is 6.07 Å². The second kappa shape index (κ2) is 7.84. The van der Waals surface area contributed by atoms with Gasteiger partial charge in [-0.3, -0.25) is 14.4 Å². The molecule has 0 bridgehead atoms. The summed E-state index contributed by atoms with van der Waals surface area (Å²) >= 11 is 0. The molecule has 2 heterocycles. The van der Waals surface area contributed by atoms with Gasteiger partial charge in [-0.05, 0) is 42.5 Å². The summed E-state index contributed by atoms with van der Waals surface area (Å²) in [5, 5.41) is 7.74. The van der Waals surface area contributed by atoms with E-state index in [1.165, 1.54) is 18.6 Å². The van der Waals surface area contributed by atoms with Crippen LogP contribution in [0.25, 0.3) is 0 Å². The molecule has 26 heavy (non-hydrogen) atoms. The molecule has 3 rings (SSSR count). The number of anilines is 2. The lowest BCUT2D eigenvalue weighted by Gasteiger charge is -2.08. The number of hydrogen-bond donors (Lipinski definition) is 3. The fourth-order valence-electron chi connectivity index (χ4n) is 2.14.